The van der Waals surface area contributed by atoms with Crippen molar-refractivity contribution in [3.8, 4) is 11.3 Å². The molecule has 3 heteroatoms. The molecule has 0 amide bonds. The summed E-state index contributed by atoms with van der Waals surface area (Å²) in [6.07, 6.45) is 2.29. The first kappa shape index (κ1) is 17.2. The van der Waals surface area contributed by atoms with E-state index in [9.17, 15) is 4.39 Å². The summed E-state index contributed by atoms with van der Waals surface area (Å²) in [7, 11) is 2.07. The standard InChI is InChI=1S/C19H27FGeN/c1-13(2)16-11-19(17-10-15(20)9-8-14(17)3)22(7)12-18(16)21(4,5)6/h8-13H,1-7H3/q+1. The average Bonchev–Trinajstić information content (AvgIpc) is 2.40. The fourth-order valence-electron chi connectivity index (χ4n) is 2.91. The Kier molecular flexibility index (Phi) is 4.81. The van der Waals surface area contributed by atoms with E-state index in [-0.39, 0.29) is 5.82 Å². The van der Waals surface area contributed by atoms with E-state index < -0.39 is 13.3 Å². The Hall–Kier alpha value is -1.16. The van der Waals surface area contributed by atoms with Crippen molar-refractivity contribution in [2.45, 2.75) is 44.0 Å². The maximum absolute atomic E-state index is 13.7. The van der Waals surface area contributed by atoms with Crippen LogP contribution >= 0.6 is 0 Å². The number of hydrogen-bond acceptors (Lipinski definition) is 0. The van der Waals surface area contributed by atoms with Crippen LogP contribution in [0.1, 0.15) is 30.9 Å². The predicted molar refractivity (Wildman–Crippen MR) is 94.8 cm³/mol. The van der Waals surface area contributed by atoms with E-state index in [1.165, 1.54) is 16.0 Å². The van der Waals surface area contributed by atoms with Crippen LogP contribution in [0.3, 0.4) is 0 Å². The monoisotopic (exact) mass is 362 g/mol. The van der Waals surface area contributed by atoms with Crippen molar-refractivity contribution in [2.24, 2.45) is 7.05 Å². The van der Waals surface area contributed by atoms with Crippen LogP contribution in [0.4, 0.5) is 4.39 Å². The Balaban J connectivity index is 2.74. The van der Waals surface area contributed by atoms with Crippen molar-refractivity contribution in [1.82, 2.24) is 0 Å². The van der Waals surface area contributed by atoms with E-state index >= 15 is 0 Å². The third-order valence-corrected chi connectivity index (χ3v) is 8.48. The van der Waals surface area contributed by atoms with E-state index in [1.54, 1.807) is 6.07 Å². The molecular formula is C19H27FGeN+. The van der Waals surface area contributed by atoms with E-state index in [4.69, 9.17) is 0 Å². The van der Waals surface area contributed by atoms with Crippen molar-refractivity contribution in [1.29, 1.82) is 0 Å². The van der Waals surface area contributed by atoms with Gasteiger partial charge in [-0.1, -0.05) is 0 Å². The second kappa shape index (κ2) is 6.15. The Labute approximate surface area is 136 Å². The van der Waals surface area contributed by atoms with Crippen LogP contribution in [0.5, 0.6) is 0 Å². The molecule has 0 saturated heterocycles. The molecule has 2 aromatic rings. The van der Waals surface area contributed by atoms with Crippen LogP contribution in [-0.2, 0) is 7.05 Å². The molecule has 22 heavy (non-hydrogen) atoms. The van der Waals surface area contributed by atoms with E-state index in [2.05, 4.69) is 55.0 Å². The van der Waals surface area contributed by atoms with Crippen molar-refractivity contribution >= 4 is 17.7 Å². The summed E-state index contributed by atoms with van der Waals surface area (Å²) in [5.41, 5.74) is 4.61. The number of hydrogen-bond donors (Lipinski definition) is 0. The van der Waals surface area contributed by atoms with Gasteiger partial charge in [0.2, 0.25) is 0 Å². The van der Waals surface area contributed by atoms with Gasteiger partial charge in [-0.2, -0.15) is 0 Å². The van der Waals surface area contributed by atoms with Crippen LogP contribution in [0.25, 0.3) is 11.3 Å². The molecule has 0 bridgehead atoms. The van der Waals surface area contributed by atoms with Gasteiger partial charge in [0.25, 0.3) is 0 Å². The van der Waals surface area contributed by atoms with Gasteiger partial charge in [0.05, 0.1) is 0 Å². The van der Waals surface area contributed by atoms with Gasteiger partial charge in [0, 0.05) is 0 Å². The Bertz CT molecular complexity index is 699. The molecule has 118 valence electrons. The Morgan fingerprint density at radius 3 is 2.27 bits per heavy atom. The molecule has 1 heterocycles. The molecule has 0 aliphatic carbocycles. The molecule has 0 atom stereocenters. The molecule has 0 spiro atoms. The molecule has 1 nitrogen and oxygen atoms in total. The zero-order valence-corrected chi connectivity index (χ0v) is 16.9. The van der Waals surface area contributed by atoms with Crippen LogP contribution < -0.4 is 8.96 Å². The normalized spacial score (nSPS) is 12.0. The fourth-order valence-corrected chi connectivity index (χ4v) is 6.70. The topological polar surface area (TPSA) is 3.88 Å². The molecular weight excluding hydrogens is 334 g/mol. The van der Waals surface area contributed by atoms with Crippen molar-refractivity contribution in [3.05, 3.63) is 47.4 Å². The summed E-state index contributed by atoms with van der Waals surface area (Å²) in [4.78, 5) is 0. The Morgan fingerprint density at radius 2 is 1.73 bits per heavy atom. The molecule has 2 rings (SSSR count). The SMILES string of the molecule is Cc1ccc(F)cc1-c1cc(C(C)C)[c]([Ge]([CH3])([CH3])[CH3])c[n+]1C. The fraction of sp³-hybridized carbons (Fsp3) is 0.421. The van der Waals surface area contributed by atoms with Crippen LogP contribution in [0, 0.1) is 12.7 Å². The number of pyridine rings is 1. The van der Waals surface area contributed by atoms with Crippen molar-refractivity contribution in [3.63, 3.8) is 0 Å². The van der Waals surface area contributed by atoms with Gasteiger partial charge in [0.1, 0.15) is 0 Å². The van der Waals surface area contributed by atoms with Gasteiger partial charge < -0.3 is 0 Å². The molecule has 0 N–H and O–H groups in total. The summed E-state index contributed by atoms with van der Waals surface area (Å²) >= 11 is -1.94. The van der Waals surface area contributed by atoms with Crippen LogP contribution in [0.2, 0.25) is 17.3 Å². The minimum atomic E-state index is -1.94. The summed E-state index contributed by atoms with van der Waals surface area (Å²) in [6, 6.07) is 7.31. The average molecular weight is 361 g/mol. The number of benzene rings is 1. The Morgan fingerprint density at radius 1 is 1.09 bits per heavy atom. The number of nitrogens with zero attached hydrogens (tertiary/aromatic N) is 1. The van der Waals surface area contributed by atoms with E-state index in [0.717, 1.165) is 16.8 Å². The van der Waals surface area contributed by atoms with Crippen LogP contribution in [-0.4, -0.2) is 13.3 Å². The zero-order valence-electron chi connectivity index (χ0n) is 14.8. The number of halogens is 1. The van der Waals surface area contributed by atoms with Gasteiger partial charge in [0.15, 0.2) is 0 Å². The number of aromatic nitrogens is 1. The first-order valence-electron chi connectivity index (χ1n) is 7.92. The van der Waals surface area contributed by atoms with Gasteiger partial charge in [-0.25, -0.2) is 0 Å². The molecule has 0 fully saturated rings. The third kappa shape index (κ3) is 3.43. The summed E-state index contributed by atoms with van der Waals surface area (Å²) < 4.78 is 17.4. The summed E-state index contributed by atoms with van der Waals surface area (Å²) in [5.74, 6) is 7.58. The van der Waals surface area contributed by atoms with Gasteiger partial charge >= 0.3 is 136 Å². The van der Waals surface area contributed by atoms with Crippen LogP contribution in [0.15, 0.2) is 30.5 Å². The first-order valence-corrected chi connectivity index (χ1v) is 15.3. The molecule has 1 aromatic heterocycles. The molecule has 0 saturated carbocycles. The maximum atomic E-state index is 13.7. The number of aryl methyl sites for hydroxylation is 2. The molecule has 0 unspecified atom stereocenters. The number of rotatable bonds is 3. The molecule has 1 aromatic carbocycles. The van der Waals surface area contributed by atoms with Crippen molar-refractivity contribution < 1.29 is 8.96 Å². The van der Waals surface area contributed by atoms with E-state index in [1.807, 2.05) is 13.0 Å². The second-order valence-electron chi connectivity index (χ2n) is 7.50. The van der Waals surface area contributed by atoms with E-state index in [0.29, 0.717) is 5.92 Å². The van der Waals surface area contributed by atoms with Gasteiger partial charge in [-0.3, -0.25) is 0 Å². The molecule has 0 aliphatic rings. The quantitative estimate of drug-likeness (QED) is 0.567. The van der Waals surface area contributed by atoms with Crippen molar-refractivity contribution in [2.75, 3.05) is 0 Å². The minimum absolute atomic E-state index is 0.177. The zero-order chi connectivity index (χ0) is 16.7. The predicted octanol–water partition coefficient (Wildman–Crippen LogP) is 4.29. The second-order valence-corrected chi connectivity index (χ2v) is 18.1. The summed E-state index contributed by atoms with van der Waals surface area (Å²) in [6.45, 7) is 6.53. The first-order chi connectivity index (χ1) is 10.1. The van der Waals surface area contributed by atoms with Gasteiger partial charge in [-0.15, -0.1) is 0 Å². The molecule has 0 aliphatic heterocycles. The summed E-state index contributed by atoms with van der Waals surface area (Å²) in [5, 5.41) is 0. The third-order valence-electron chi connectivity index (χ3n) is 4.21. The van der Waals surface area contributed by atoms with Gasteiger partial charge in [-0.05, 0) is 0 Å². The molecule has 0 radical (unpaired) electrons.